The van der Waals surface area contributed by atoms with Crippen LogP contribution in [0.1, 0.15) is 17.5 Å². The lowest BCUT2D eigenvalue weighted by Crippen LogP contribution is -2.00. The van der Waals surface area contributed by atoms with Crippen molar-refractivity contribution in [2.45, 2.75) is 13.5 Å². The summed E-state index contributed by atoms with van der Waals surface area (Å²) in [6.07, 6.45) is 0. The molecular weight excluding hydrogens is 246 g/mol. The van der Waals surface area contributed by atoms with Gasteiger partial charge in [0.05, 0.1) is 18.1 Å². The predicted octanol–water partition coefficient (Wildman–Crippen LogP) is 2.17. The van der Waals surface area contributed by atoms with Crippen molar-refractivity contribution in [1.29, 1.82) is 0 Å². The van der Waals surface area contributed by atoms with Crippen LogP contribution in [0.25, 0.3) is 22.0 Å². The number of esters is 1. The predicted molar refractivity (Wildman–Crippen MR) is 70.9 cm³/mol. The molecule has 0 fully saturated rings. The highest BCUT2D eigenvalue weighted by atomic mass is 16.5. The van der Waals surface area contributed by atoms with Gasteiger partial charge in [0, 0.05) is 18.0 Å². The number of nitrogens with zero attached hydrogens (tertiary/aromatic N) is 2. The van der Waals surface area contributed by atoms with E-state index in [-0.39, 0.29) is 5.76 Å². The van der Waals surface area contributed by atoms with Gasteiger partial charge < -0.3 is 19.5 Å². The number of hydrogen-bond donors (Lipinski definition) is 1. The summed E-state index contributed by atoms with van der Waals surface area (Å²) in [4.78, 5) is 15.8. The molecule has 6 heteroatoms. The number of aryl methyl sites for hydroxylation is 1. The highest BCUT2D eigenvalue weighted by Gasteiger charge is 2.17. The maximum absolute atomic E-state index is 11.5. The number of nitrogen functional groups attached to an aromatic ring is 1. The number of methoxy groups -OCH3 is 1. The van der Waals surface area contributed by atoms with E-state index in [0.717, 1.165) is 16.4 Å². The first-order valence-electron chi connectivity index (χ1n) is 5.92. The number of carbonyl (C=O) groups excluding carboxylic acids is 1. The second-order valence-corrected chi connectivity index (χ2v) is 4.16. The minimum Gasteiger partial charge on any atom is -0.463 e. The summed E-state index contributed by atoms with van der Waals surface area (Å²) in [6, 6.07) is 5.26. The van der Waals surface area contributed by atoms with E-state index in [4.69, 9.17) is 10.2 Å². The van der Waals surface area contributed by atoms with Gasteiger partial charge in [-0.15, -0.1) is 0 Å². The van der Waals surface area contributed by atoms with E-state index in [2.05, 4.69) is 9.72 Å². The Morgan fingerprint density at radius 2 is 2.32 bits per heavy atom. The van der Waals surface area contributed by atoms with Crippen LogP contribution in [0.4, 0.5) is 5.95 Å². The van der Waals surface area contributed by atoms with Crippen molar-refractivity contribution < 1.29 is 13.9 Å². The van der Waals surface area contributed by atoms with Crippen LogP contribution in [0.2, 0.25) is 0 Å². The summed E-state index contributed by atoms with van der Waals surface area (Å²) in [6.45, 7) is 2.68. The Morgan fingerprint density at radius 1 is 1.53 bits per heavy atom. The lowest BCUT2D eigenvalue weighted by atomic mass is 10.2. The van der Waals surface area contributed by atoms with Crippen molar-refractivity contribution >= 4 is 33.9 Å². The maximum atomic E-state index is 11.5. The first-order chi connectivity index (χ1) is 9.15. The van der Waals surface area contributed by atoms with Crippen molar-refractivity contribution in [2.24, 2.45) is 0 Å². The van der Waals surface area contributed by atoms with E-state index in [9.17, 15) is 4.79 Å². The Balaban J connectivity index is 2.38. The molecule has 2 aromatic heterocycles. The van der Waals surface area contributed by atoms with E-state index in [0.29, 0.717) is 18.1 Å². The maximum Gasteiger partial charge on any atom is 0.373 e. The molecule has 0 aliphatic heterocycles. The first-order valence-corrected chi connectivity index (χ1v) is 5.92. The Bertz CT molecular complexity index is 785. The summed E-state index contributed by atoms with van der Waals surface area (Å²) in [5.41, 5.74) is 8.14. The number of fused-ring (bicyclic) bond motifs is 3. The molecule has 0 atom stereocenters. The van der Waals surface area contributed by atoms with Crippen LogP contribution < -0.4 is 5.73 Å². The number of aromatic nitrogens is 2. The molecule has 0 amide bonds. The number of furan rings is 1. The quantitative estimate of drug-likeness (QED) is 0.713. The Morgan fingerprint density at radius 3 is 3.00 bits per heavy atom. The van der Waals surface area contributed by atoms with E-state index >= 15 is 0 Å². The van der Waals surface area contributed by atoms with E-state index < -0.39 is 5.97 Å². The molecule has 2 heterocycles. The van der Waals surface area contributed by atoms with Crippen LogP contribution in [0.5, 0.6) is 0 Å². The normalized spacial score (nSPS) is 11.3. The van der Waals surface area contributed by atoms with Gasteiger partial charge in [0.25, 0.3) is 0 Å². The highest BCUT2D eigenvalue weighted by molar-refractivity contribution is 6.06. The number of ether oxygens (including phenoxy) is 1. The van der Waals surface area contributed by atoms with Gasteiger partial charge >= 0.3 is 5.97 Å². The van der Waals surface area contributed by atoms with Crippen molar-refractivity contribution in [3.05, 3.63) is 24.0 Å². The number of hydrogen-bond acceptors (Lipinski definition) is 5. The van der Waals surface area contributed by atoms with Crippen LogP contribution in [0.3, 0.4) is 0 Å². The second kappa shape index (κ2) is 4.01. The van der Waals surface area contributed by atoms with Crippen molar-refractivity contribution in [2.75, 3.05) is 12.8 Å². The summed E-state index contributed by atoms with van der Waals surface area (Å²) in [7, 11) is 1.32. The van der Waals surface area contributed by atoms with Crippen LogP contribution in [0, 0.1) is 0 Å². The van der Waals surface area contributed by atoms with Crippen LogP contribution in [0.15, 0.2) is 22.6 Å². The molecule has 0 bridgehead atoms. The summed E-state index contributed by atoms with van der Waals surface area (Å²) in [5.74, 6) is 0.123. The second-order valence-electron chi connectivity index (χ2n) is 4.16. The van der Waals surface area contributed by atoms with Crippen molar-refractivity contribution in [3.8, 4) is 0 Å². The molecule has 0 aliphatic rings. The van der Waals surface area contributed by atoms with Gasteiger partial charge in [0.1, 0.15) is 5.58 Å². The number of rotatable bonds is 2. The number of nitrogens with two attached hydrogens (primary N) is 1. The minimum atomic E-state index is -0.500. The average Bonchev–Trinajstić information content (AvgIpc) is 2.96. The fraction of sp³-hybridized carbons (Fsp3) is 0.231. The molecule has 2 N–H and O–H groups in total. The number of carbonyl (C=O) groups is 1. The summed E-state index contributed by atoms with van der Waals surface area (Å²) >= 11 is 0. The zero-order valence-corrected chi connectivity index (χ0v) is 10.6. The molecule has 0 unspecified atom stereocenters. The molecule has 3 rings (SSSR count). The SMILES string of the molecule is CCn1c(N)nc2ccc3oc(C(=O)OC)cc3c21. The molecule has 6 nitrogen and oxygen atoms in total. The van der Waals surface area contributed by atoms with Gasteiger partial charge in [0.2, 0.25) is 11.7 Å². The third kappa shape index (κ3) is 1.56. The van der Waals surface area contributed by atoms with E-state index in [1.165, 1.54) is 7.11 Å². The zero-order chi connectivity index (χ0) is 13.6. The Hall–Kier alpha value is -2.50. The van der Waals surface area contributed by atoms with Gasteiger partial charge in [-0.3, -0.25) is 0 Å². The van der Waals surface area contributed by atoms with Crippen LogP contribution >= 0.6 is 0 Å². The number of benzene rings is 1. The van der Waals surface area contributed by atoms with Crippen LogP contribution in [-0.2, 0) is 11.3 Å². The average molecular weight is 259 g/mol. The van der Waals surface area contributed by atoms with Gasteiger partial charge in [-0.05, 0) is 19.1 Å². The molecule has 3 aromatic rings. The molecule has 19 heavy (non-hydrogen) atoms. The van der Waals surface area contributed by atoms with Gasteiger partial charge in [0.15, 0.2) is 0 Å². The third-order valence-electron chi connectivity index (χ3n) is 3.14. The topological polar surface area (TPSA) is 83.3 Å². The molecule has 0 saturated heterocycles. The van der Waals surface area contributed by atoms with Gasteiger partial charge in [-0.25, -0.2) is 9.78 Å². The monoisotopic (exact) mass is 259 g/mol. The third-order valence-corrected chi connectivity index (χ3v) is 3.14. The fourth-order valence-corrected chi connectivity index (χ4v) is 2.28. The molecular formula is C13H13N3O3. The number of anilines is 1. The van der Waals surface area contributed by atoms with E-state index in [1.807, 2.05) is 17.6 Å². The Labute approximate surface area is 108 Å². The minimum absolute atomic E-state index is 0.174. The standard InChI is InChI=1S/C13H13N3O3/c1-3-16-11-7-6-10(12(17)18-2)19-9(7)5-4-8(11)15-13(16)14/h4-6H,3H2,1-2H3,(H2,14,15). The number of imidazole rings is 1. The Kier molecular flexibility index (Phi) is 2.45. The van der Waals surface area contributed by atoms with Gasteiger partial charge in [-0.1, -0.05) is 0 Å². The van der Waals surface area contributed by atoms with Crippen molar-refractivity contribution in [3.63, 3.8) is 0 Å². The zero-order valence-electron chi connectivity index (χ0n) is 10.6. The largest absolute Gasteiger partial charge is 0.463 e. The van der Waals surface area contributed by atoms with Crippen LogP contribution in [-0.4, -0.2) is 22.6 Å². The van der Waals surface area contributed by atoms with E-state index in [1.54, 1.807) is 12.1 Å². The van der Waals surface area contributed by atoms with Crippen molar-refractivity contribution in [1.82, 2.24) is 9.55 Å². The first kappa shape index (κ1) is 11.6. The molecule has 1 aromatic carbocycles. The lowest BCUT2D eigenvalue weighted by molar-refractivity contribution is 0.0567. The highest BCUT2D eigenvalue weighted by Crippen LogP contribution is 2.29. The summed E-state index contributed by atoms with van der Waals surface area (Å²) < 4.78 is 12.0. The molecule has 0 spiro atoms. The molecule has 0 aliphatic carbocycles. The molecule has 98 valence electrons. The summed E-state index contributed by atoms with van der Waals surface area (Å²) in [5, 5.41) is 0.809. The molecule has 0 radical (unpaired) electrons. The smallest absolute Gasteiger partial charge is 0.373 e. The van der Waals surface area contributed by atoms with Gasteiger partial charge in [-0.2, -0.15) is 0 Å². The molecule has 0 saturated carbocycles. The lowest BCUT2D eigenvalue weighted by Gasteiger charge is -2.01. The fourth-order valence-electron chi connectivity index (χ4n) is 2.28.